The topological polar surface area (TPSA) is 141 Å². The standard InChI is InChI=1S/C32H36N6O5/c33-37-36-28-10-5-4-9-26(28)23-32(31(40)34-15-16-38-17-21-41-22-18-38)29(24-7-2-1-3-8-24)43-30(35-32)25-11-13-27(14-12-25)42-20-6-19-39/h1-5,7-14,29,39H,6,15-23H2,(H,34,40)/t29-,32-/m0/s1. The van der Waals surface area contributed by atoms with Gasteiger partial charge in [0.25, 0.3) is 5.91 Å². The van der Waals surface area contributed by atoms with Gasteiger partial charge in [0.1, 0.15) is 5.75 Å². The summed E-state index contributed by atoms with van der Waals surface area (Å²) in [5.74, 6) is 0.718. The Hall–Kier alpha value is -4.41. The number of nitrogens with one attached hydrogen (secondary N) is 1. The smallest absolute Gasteiger partial charge is 0.252 e. The number of morpholine rings is 1. The van der Waals surface area contributed by atoms with E-state index in [1.807, 2.05) is 66.7 Å². The van der Waals surface area contributed by atoms with Gasteiger partial charge in [-0.2, -0.15) is 0 Å². The Morgan fingerprint density at radius 2 is 1.84 bits per heavy atom. The maximum Gasteiger partial charge on any atom is 0.252 e. The number of aliphatic hydroxyl groups is 1. The molecule has 0 radical (unpaired) electrons. The molecule has 0 unspecified atom stereocenters. The van der Waals surface area contributed by atoms with Crippen LogP contribution in [-0.4, -0.2) is 80.0 Å². The predicted molar refractivity (Wildman–Crippen MR) is 162 cm³/mol. The van der Waals surface area contributed by atoms with Crippen LogP contribution in [0.1, 0.15) is 29.2 Å². The van der Waals surface area contributed by atoms with Gasteiger partial charge < -0.3 is 24.6 Å². The van der Waals surface area contributed by atoms with E-state index in [0.29, 0.717) is 67.8 Å². The summed E-state index contributed by atoms with van der Waals surface area (Å²) in [6.07, 6.45) is -0.0555. The van der Waals surface area contributed by atoms with Crippen LogP contribution in [0.15, 0.2) is 89.0 Å². The minimum absolute atomic E-state index is 0.0585. The van der Waals surface area contributed by atoms with E-state index >= 15 is 0 Å². The van der Waals surface area contributed by atoms with E-state index in [1.165, 1.54) is 0 Å². The molecule has 2 aliphatic rings. The summed E-state index contributed by atoms with van der Waals surface area (Å²) < 4.78 is 17.7. The molecule has 0 bridgehead atoms. The number of aliphatic imine (C=N–C) groups is 1. The Labute approximate surface area is 250 Å². The number of carbonyl (C=O) groups excluding carboxylic acids is 1. The van der Waals surface area contributed by atoms with Crippen LogP contribution < -0.4 is 10.1 Å². The number of amides is 1. The second-order valence-electron chi connectivity index (χ2n) is 10.4. The summed E-state index contributed by atoms with van der Waals surface area (Å²) in [7, 11) is 0. The van der Waals surface area contributed by atoms with Gasteiger partial charge in [-0.1, -0.05) is 59.7 Å². The van der Waals surface area contributed by atoms with Crippen LogP contribution in [0, 0.1) is 0 Å². The fourth-order valence-electron chi connectivity index (χ4n) is 5.31. The van der Waals surface area contributed by atoms with E-state index in [1.54, 1.807) is 12.1 Å². The summed E-state index contributed by atoms with van der Waals surface area (Å²) >= 11 is 0. The van der Waals surface area contributed by atoms with Gasteiger partial charge in [0, 0.05) is 61.8 Å². The van der Waals surface area contributed by atoms with Crippen LogP contribution in [0.5, 0.6) is 5.75 Å². The molecule has 43 heavy (non-hydrogen) atoms. The molecule has 5 rings (SSSR count). The Morgan fingerprint density at radius 1 is 1.09 bits per heavy atom. The molecule has 2 aliphatic heterocycles. The van der Waals surface area contributed by atoms with Crippen LogP contribution in [-0.2, 0) is 20.7 Å². The highest BCUT2D eigenvalue weighted by molar-refractivity contribution is 6.01. The summed E-state index contributed by atoms with van der Waals surface area (Å²) in [5.41, 5.74) is 10.4. The summed E-state index contributed by atoms with van der Waals surface area (Å²) in [6.45, 7) is 4.58. The van der Waals surface area contributed by atoms with Gasteiger partial charge in [0.2, 0.25) is 5.90 Å². The lowest BCUT2D eigenvalue weighted by Gasteiger charge is -2.32. The number of nitrogens with zero attached hydrogens (tertiary/aromatic N) is 5. The van der Waals surface area contributed by atoms with E-state index in [4.69, 9.17) is 24.3 Å². The molecular formula is C32H36N6O5. The number of hydrogen-bond acceptors (Lipinski definition) is 8. The summed E-state index contributed by atoms with van der Waals surface area (Å²) in [5, 5.41) is 16.1. The zero-order chi connectivity index (χ0) is 29.9. The third kappa shape index (κ3) is 7.33. The zero-order valence-electron chi connectivity index (χ0n) is 24.0. The second kappa shape index (κ2) is 14.7. The maximum absolute atomic E-state index is 14.4. The summed E-state index contributed by atoms with van der Waals surface area (Å²) in [4.78, 5) is 24.7. The quantitative estimate of drug-likeness (QED) is 0.133. The van der Waals surface area contributed by atoms with Crippen molar-refractivity contribution in [2.75, 3.05) is 52.6 Å². The molecule has 1 fully saturated rings. The number of rotatable bonds is 13. The van der Waals surface area contributed by atoms with Gasteiger partial charge in [-0.3, -0.25) is 9.69 Å². The van der Waals surface area contributed by atoms with E-state index in [0.717, 1.165) is 18.7 Å². The number of hydrogen-bond donors (Lipinski definition) is 2. The Bertz CT molecular complexity index is 1440. The molecule has 3 aromatic carbocycles. The van der Waals surface area contributed by atoms with E-state index in [9.17, 15) is 10.3 Å². The van der Waals surface area contributed by atoms with Crippen LogP contribution in [0.2, 0.25) is 0 Å². The molecule has 3 aromatic rings. The van der Waals surface area contributed by atoms with Crippen molar-refractivity contribution < 1.29 is 24.1 Å². The highest BCUT2D eigenvalue weighted by atomic mass is 16.5. The molecule has 2 heterocycles. The second-order valence-corrected chi connectivity index (χ2v) is 10.4. The zero-order valence-corrected chi connectivity index (χ0v) is 24.0. The van der Waals surface area contributed by atoms with E-state index in [2.05, 4.69) is 20.2 Å². The van der Waals surface area contributed by atoms with Gasteiger partial charge in [-0.05, 0) is 40.9 Å². The van der Waals surface area contributed by atoms with Gasteiger partial charge >= 0.3 is 0 Å². The van der Waals surface area contributed by atoms with Crippen LogP contribution in [0.4, 0.5) is 5.69 Å². The first-order valence-electron chi connectivity index (χ1n) is 14.5. The first-order valence-corrected chi connectivity index (χ1v) is 14.5. The fourth-order valence-corrected chi connectivity index (χ4v) is 5.31. The van der Waals surface area contributed by atoms with Gasteiger partial charge in [-0.15, -0.1) is 0 Å². The molecule has 1 amide bonds. The van der Waals surface area contributed by atoms with Crippen molar-refractivity contribution in [2.45, 2.75) is 24.5 Å². The Balaban J connectivity index is 1.51. The van der Waals surface area contributed by atoms with Crippen LogP contribution in [0.25, 0.3) is 10.4 Å². The number of benzene rings is 3. The molecule has 0 spiro atoms. The Kier molecular flexibility index (Phi) is 10.2. The van der Waals surface area contributed by atoms with E-state index < -0.39 is 11.6 Å². The minimum atomic E-state index is -1.39. The molecule has 1 saturated heterocycles. The first kappa shape index (κ1) is 30.1. The van der Waals surface area contributed by atoms with Crippen molar-refractivity contribution in [1.82, 2.24) is 10.2 Å². The normalized spacial score (nSPS) is 20.0. The third-order valence-corrected chi connectivity index (χ3v) is 7.55. The van der Waals surface area contributed by atoms with Crippen molar-refractivity contribution in [3.05, 3.63) is 106 Å². The summed E-state index contributed by atoms with van der Waals surface area (Å²) in [6, 6.07) is 24.1. The molecule has 224 valence electrons. The number of carbonyl (C=O) groups is 1. The highest BCUT2D eigenvalue weighted by Gasteiger charge is 2.53. The third-order valence-electron chi connectivity index (χ3n) is 7.55. The number of azide groups is 1. The highest BCUT2D eigenvalue weighted by Crippen LogP contribution is 2.43. The van der Waals surface area contributed by atoms with Crippen molar-refractivity contribution >= 4 is 17.5 Å². The van der Waals surface area contributed by atoms with Crippen molar-refractivity contribution in [3.8, 4) is 5.75 Å². The monoisotopic (exact) mass is 584 g/mol. The van der Waals surface area contributed by atoms with Gasteiger partial charge in [0.15, 0.2) is 11.6 Å². The SMILES string of the molecule is [N-]=[N+]=Nc1ccccc1C[C@]1(C(=O)NCCN2CCOCC2)N=C(c2ccc(OCCCO)cc2)O[C@H]1c1ccccc1. The molecule has 11 nitrogen and oxygen atoms in total. The lowest BCUT2D eigenvalue weighted by molar-refractivity contribution is -0.129. The molecular weight excluding hydrogens is 548 g/mol. The van der Waals surface area contributed by atoms with Crippen molar-refractivity contribution in [1.29, 1.82) is 0 Å². The first-order chi connectivity index (χ1) is 21.1. The van der Waals surface area contributed by atoms with Crippen molar-refractivity contribution in [2.24, 2.45) is 10.1 Å². The average molecular weight is 585 g/mol. The van der Waals surface area contributed by atoms with Crippen molar-refractivity contribution in [3.63, 3.8) is 0 Å². The number of ether oxygens (including phenoxy) is 3. The lowest BCUT2D eigenvalue weighted by Crippen LogP contribution is -2.51. The van der Waals surface area contributed by atoms with E-state index in [-0.39, 0.29) is 18.9 Å². The van der Waals surface area contributed by atoms with Gasteiger partial charge in [-0.25, -0.2) is 4.99 Å². The maximum atomic E-state index is 14.4. The molecule has 0 aliphatic carbocycles. The fraction of sp³-hybridized carbons (Fsp3) is 0.375. The lowest BCUT2D eigenvalue weighted by atomic mass is 9.81. The number of aliphatic hydroxyl groups excluding tert-OH is 1. The molecule has 2 atom stereocenters. The molecule has 0 aromatic heterocycles. The average Bonchev–Trinajstić information content (AvgIpc) is 3.44. The Morgan fingerprint density at radius 3 is 2.58 bits per heavy atom. The molecule has 2 N–H and O–H groups in total. The minimum Gasteiger partial charge on any atom is -0.494 e. The van der Waals surface area contributed by atoms with Crippen LogP contribution >= 0.6 is 0 Å². The van der Waals surface area contributed by atoms with Crippen LogP contribution in [0.3, 0.4) is 0 Å². The largest absolute Gasteiger partial charge is 0.494 e. The molecule has 11 heteroatoms. The molecule has 0 saturated carbocycles. The predicted octanol–water partition coefficient (Wildman–Crippen LogP) is 4.34. The van der Waals surface area contributed by atoms with Gasteiger partial charge in [0.05, 0.1) is 19.8 Å².